The van der Waals surface area contributed by atoms with Crippen LogP contribution in [0.15, 0.2) is 12.7 Å². The van der Waals surface area contributed by atoms with Gasteiger partial charge in [-0.3, -0.25) is 4.79 Å². The third-order valence-electron chi connectivity index (χ3n) is 0.801. The molecule has 1 atom stereocenters. The highest BCUT2D eigenvalue weighted by Gasteiger charge is 2.04. The van der Waals surface area contributed by atoms with Crippen LogP contribution in [0.3, 0.4) is 0 Å². The van der Waals surface area contributed by atoms with Gasteiger partial charge in [0.2, 0.25) is 0 Å². The van der Waals surface area contributed by atoms with Crippen molar-refractivity contribution in [3.05, 3.63) is 12.7 Å². The van der Waals surface area contributed by atoms with Gasteiger partial charge in [-0.05, 0) is 6.92 Å². The van der Waals surface area contributed by atoms with Crippen LogP contribution in [-0.2, 0) is 9.53 Å². The fraction of sp³-hybridized carbons (Fsp3) is 0.429. The van der Waals surface area contributed by atoms with Crippen LogP contribution in [0.5, 0.6) is 0 Å². The highest BCUT2D eigenvalue weighted by atomic mass is 16.5. The van der Waals surface area contributed by atoms with E-state index in [2.05, 4.69) is 11.3 Å². The molecule has 0 N–H and O–H groups in total. The maximum atomic E-state index is 10.6. The van der Waals surface area contributed by atoms with Gasteiger partial charge in [0.05, 0.1) is 6.42 Å². The molecule has 0 saturated carbocycles. The summed E-state index contributed by atoms with van der Waals surface area (Å²) in [5, 5.41) is 8.20. The lowest BCUT2D eigenvalue weighted by molar-refractivity contribution is -0.144. The van der Waals surface area contributed by atoms with Gasteiger partial charge in [-0.1, -0.05) is 6.08 Å². The third-order valence-corrected chi connectivity index (χ3v) is 0.801. The van der Waals surface area contributed by atoms with Crippen molar-refractivity contribution in [1.82, 2.24) is 0 Å². The summed E-state index contributed by atoms with van der Waals surface area (Å²) in [6, 6.07) is 1.78. The summed E-state index contributed by atoms with van der Waals surface area (Å²) in [5.41, 5.74) is 0. The molecule has 3 heteroatoms. The van der Waals surface area contributed by atoms with E-state index >= 15 is 0 Å². The normalized spacial score (nSPS) is 11.2. The molecule has 0 aliphatic carbocycles. The molecule has 1 unspecified atom stereocenters. The van der Waals surface area contributed by atoms with Crippen LogP contribution >= 0.6 is 0 Å². The number of nitriles is 1. The first kappa shape index (κ1) is 8.70. The first-order valence-electron chi connectivity index (χ1n) is 2.90. The van der Waals surface area contributed by atoms with Crippen LogP contribution in [0, 0.1) is 11.3 Å². The Labute approximate surface area is 59.9 Å². The van der Waals surface area contributed by atoms with E-state index in [1.165, 1.54) is 13.0 Å². The van der Waals surface area contributed by atoms with Gasteiger partial charge in [0.1, 0.15) is 6.07 Å². The second kappa shape index (κ2) is 4.57. The molecule has 0 aromatic heterocycles. The van der Waals surface area contributed by atoms with Crippen LogP contribution in [0.2, 0.25) is 0 Å². The van der Waals surface area contributed by atoms with Crippen molar-refractivity contribution in [2.75, 3.05) is 0 Å². The first-order chi connectivity index (χ1) is 4.70. The van der Waals surface area contributed by atoms with E-state index in [4.69, 9.17) is 5.26 Å². The van der Waals surface area contributed by atoms with E-state index in [1.54, 1.807) is 6.07 Å². The Morgan fingerprint density at radius 1 is 2.00 bits per heavy atom. The van der Waals surface area contributed by atoms with Gasteiger partial charge in [-0.2, -0.15) is 5.26 Å². The zero-order valence-corrected chi connectivity index (χ0v) is 5.83. The van der Waals surface area contributed by atoms with Crippen molar-refractivity contribution in [3.63, 3.8) is 0 Å². The van der Waals surface area contributed by atoms with Crippen LogP contribution in [-0.4, -0.2) is 12.1 Å². The number of nitrogens with zero attached hydrogens (tertiary/aromatic N) is 1. The predicted octanol–water partition coefficient (Wildman–Crippen LogP) is 1.02. The summed E-state index contributed by atoms with van der Waals surface area (Å²) in [6.07, 6.45) is 0.936. The van der Waals surface area contributed by atoms with Gasteiger partial charge in [-0.25, -0.2) is 0 Å². The standard InChI is InChI=1S/C7H9NO2/c1-3-4-7(9)10-6(2)5-8/h3,6H,1,4H2,2H3. The van der Waals surface area contributed by atoms with Crippen molar-refractivity contribution in [2.24, 2.45) is 0 Å². The highest BCUT2D eigenvalue weighted by Crippen LogP contribution is 1.92. The number of esters is 1. The van der Waals surface area contributed by atoms with Gasteiger partial charge in [0, 0.05) is 0 Å². The molecule has 3 nitrogen and oxygen atoms in total. The molecule has 0 saturated heterocycles. The van der Waals surface area contributed by atoms with E-state index in [-0.39, 0.29) is 6.42 Å². The summed E-state index contributed by atoms with van der Waals surface area (Å²) in [6.45, 7) is 4.86. The monoisotopic (exact) mass is 139 g/mol. The van der Waals surface area contributed by atoms with Crippen molar-refractivity contribution >= 4 is 5.97 Å². The van der Waals surface area contributed by atoms with E-state index in [1.807, 2.05) is 0 Å². The zero-order chi connectivity index (χ0) is 7.98. The second-order valence-corrected chi connectivity index (χ2v) is 1.75. The second-order valence-electron chi connectivity index (χ2n) is 1.75. The lowest BCUT2D eigenvalue weighted by atomic mass is 10.4. The molecule has 0 radical (unpaired) electrons. The molecule has 0 heterocycles. The van der Waals surface area contributed by atoms with Crippen LogP contribution in [0.25, 0.3) is 0 Å². The molecule has 0 bridgehead atoms. The Hall–Kier alpha value is -1.30. The van der Waals surface area contributed by atoms with Crippen LogP contribution in [0.4, 0.5) is 0 Å². The Bertz CT molecular complexity index is 169. The predicted molar refractivity (Wildman–Crippen MR) is 36.0 cm³/mol. The third kappa shape index (κ3) is 3.67. The van der Waals surface area contributed by atoms with E-state index < -0.39 is 12.1 Å². The molecule has 54 valence electrons. The summed E-state index contributed by atoms with van der Waals surface area (Å²) < 4.78 is 4.57. The molecule has 0 aromatic carbocycles. The van der Waals surface area contributed by atoms with Gasteiger partial charge < -0.3 is 4.74 Å². The van der Waals surface area contributed by atoms with Crippen molar-refractivity contribution < 1.29 is 9.53 Å². The molecule has 0 aromatic rings. The van der Waals surface area contributed by atoms with Crippen molar-refractivity contribution in [1.29, 1.82) is 5.26 Å². The Morgan fingerprint density at radius 2 is 2.60 bits per heavy atom. The lowest BCUT2D eigenvalue weighted by Gasteiger charge is -2.02. The molecule has 0 spiro atoms. The number of hydrogen-bond acceptors (Lipinski definition) is 3. The number of carbonyl (C=O) groups excluding carboxylic acids is 1. The quantitative estimate of drug-likeness (QED) is 0.433. The van der Waals surface area contributed by atoms with E-state index in [0.717, 1.165) is 0 Å². The maximum Gasteiger partial charge on any atom is 0.310 e. The SMILES string of the molecule is C=CCC(=O)OC(C)C#N. The zero-order valence-electron chi connectivity index (χ0n) is 5.83. The average Bonchev–Trinajstić information content (AvgIpc) is 1.88. The smallest absolute Gasteiger partial charge is 0.310 e. The molecule has 0 aliphatic rings. The number of carbonyl (C=O) groups is 1. The lowest BCUT2D eigenvalue weighted by Crippen LogP contribution is -2.11. The summed E-state index contributed by atoms with van der Waals surface area (Å²) in [7, 11) is 0. The fourth-order valence-corrected chi connectivity index (χ4v) is 0.389. The van der Waals surface area contributed by atoms with Gasteiger partial charge in [-0.15, -0.1) is 6.58 Å². The number of ether oxygens (including phenoxy) is 1. The van der Waals surface area contributed by atoms with Gasteiger partial charge >= 0.3 is 5.97 Å². The molecule has 0 amide bonds. The van der Waals surface area contributed by atoms with Crippen molar-refractivity contribution in [3.8, 4) is 6.07 Å². The summed E-state index contributed by atoms with van der Waals surface area (Å²) >= 11 is 0. The average molecular weight is 139 g/mol. The number of hydrogen-bond donors (Lipinski definition) is 0. The minimum atomic E-state index is -0.660. The van der Waals surface area contributed by atoms with Crippen LogP contribution in [0.1, 0.15) is 13.3 Å². The molecule has 0 rings (SSSR count). The number of rotatable bonds is 3. The molecular weight excluding hydrogens is 130 g/mol. The Kier molecular flexibility index (Phi) is 3.97. The van der Waals surface area contributed by atoms with E-state index in [9.17, 15) is 4.79 Å². The largest absolute Gasteiger partial charge is 0.447 e. The molecule has 0 aliphatic heterocycles. The fourth-order valence-electron chi connectivity index (χ4n) is 0.389. The Balaban J connectivity index is 3.59. The van der Waals surface area contributed by atoms with Crippen LogP contribution < -0.4 is 0 Å². The molecule has 10 heavy (non-hydrogen) atoms. The van der Waals surface area contributed by atoms with Gasteiger partial charge in [0.15, 0.2) is 6.10 Å². The van der Waals surface area contributed by atoms with Gasteiger partial charge in [0.25, 0.3) is 0 Å². The van der Waals surface area contributed by atoms with E-state index in [0.29, 0.717) is 0 Å². The minimum absolute atomic E-state index is 0.159. The maximum absolute atomic E-state index is 10.6. The summed E-state index contributed by atoms with van der Waals surface area (Å²) in [5.74, 6) is -0.413. The molecular formula is C7H9NO2. The minimum Gasteiger partial charge on any atom is -0.447 e. The Morgan fingerprint density at radius 3 is 3.00 bits per heavy atom. The first-order valence-corrected chi connectivity index (χ1v) is 2.90. The molecule has 0 fully saturated rings. The van der Waals surface area contributed by atoms with Crippen molar-refractivity contribution in [2.45, 2.75) is 19.4 Å². The topological polar surface area (TPSA) is 50.1 Å². The highest BCUT2D eigenvalue weighted by molar-refractivity contribution is 5.71. The summed E-state index contributed by atoms with van der Waals surface area (Å²) in [4.78, 5) is 10.6.